The van der Waals surface area contributed by atoms with Gasteiger partial charge in [-0.05, 0) is 189 Å². The first-order valence-corrected chi connectivity index (χ1v) is 38.7. The molecule has 18 nitrogen and oxygen atoms in total. The van der Waals surface area contributed by atoms with E-state index in [9.17, 15) is 33.7 Å². The minimum atomic E-state index is -4.67. The van der Waals surface area contributed by atoms with Gasteiger partial charge in [-0.1, -0.05) is 127 Å². The smallest absolute Gasteiger partial charge is 0.355 e. The molecule has 3 N–H and O–H groups in total. The second-order valence-corrected chi connectivity index (χ2v) is 28.2. The van der Waals surface area contributed by atoms with Gasteiger partial charge in [0, 0.05) is 179 Å². The molecule has 13 aromatic rings. The number of hydrogen-bond donors (Lipinski definition) is 3. The first-order valence-electron chi connectivity index (χ1n) is 36.9. The van der Waals surface area contributed by atoms with E-state index in [4.69, 9.17) is 42.1 Å². The standard InChI is InChI=1S/C24H28Cl2N2O2.C24H26N2O2.C18H22N2.C12H9N.C6H5NO2.CH3F.2CH4.H2O4S/c1-3-27(2)13-4-14-28-21-7-5-17(23(29)9-11-25)15-19(21)20-16-18(6-8-22(20)28)24(30)10-12-26;1-3-25(2)13-4-14-26-19-9-5-15-17(7-11-21(15)27)23(19)24-18-8-12-22(28)16(18)6-10-20(24)26;1-3-19(2)13-8-14-20-17-11-6-4-9-15(17)16-10-5-7-12-18(16)20;1-3-7-11-9(5-1)10-6-2-4-8-12(10)13-11;8-7(9)6-4-2-1-3-5-6;1-2;;;1-5(2,3)4/h5-8,15-16H,3-4,9-14H2,1-2H3;5-6,9-10H,3-4,7-8,11-14H2,1-2H3;4-7,9-12H,3,8,13-14H2,1-2H3;1-8,13H;1-5H;1H3;2*1H4;(H2,1,2,3,4)/i;;;;;1D;;;. The molecule has 2 aliphatic carbocycles. The Morgan fingerprint density at radius 3 is 1.17 bits per heavy atom. The van der Waals surface area contributed by atoms with Crippen molar-refractivity contribution in [1.29, 1.82) is 0 Å². The van der Waals surface area contributed by atoms with Crippen molar-refractivity contribution in [3.8, 4) is 0 Å². The predicted octanol–water partition coefficient (Wildman–Crippen LogP) is 20.4. The zero-order chi connectivity index (χ0) is 77.6. The van der Waals surface area contributed by atoms with E-state index in [-0.39, 0.29) is 43.7 Å². The van der Waals surface area contributed by atoms with E-state index in [0.717, 1.165) is 118 Å². The Labute approximate surface area is 650 Å². The molecule has 22 heteroatoms. The first-order chi connectivity index (χ1) is 52.1. The summed E-state index contributed by atoms with van der Waals surface area (Å²) in [5.41, 5.74) is 15.3. The maximum Gasteiger partial charge on any atom is 0.394 e. The fourth-order valence-electron chi connectivity index (χ4n) is 14.2. The maximum absolute atomic E-state index is 12.4. The number of carbonyl (C=O) groups is 4. The Kier molecular flexibility index (Phi) is 32.3. The van der Waals surface area contributed by atoms with Gasteiger partial charge < -0.3 is 33.4 Å². The number of halogens is 3. The lowest BCUT2D eigenvalue weighted by atomic mass is 9.98. The highest BCUT2D eigenvalue weighted by molar-refractivity contribution is 7.79. The summed E-state index contributed by atoms with van der Waals surface area (Å²) in [6, 6.07) is 62.1. The number of aromatic amines is 1. The van der Waals surface area contributed by atoms with Crippen LogP contribution in [0.3, 0.4) is 0 Å². The Morgan fingerprint density at radius 1 is 0.505 bits per heavy atom. The molecule has 578 valence electrons. The summed E-state index contributed by atoms with van der Waals surface area (Å²) in [4.78, 5) is 69.5. The minimum absolute atomic E-state index is 0. The number of fused-ring (bicyclic) bond motifs is 16. The minimum Gasteiger partial charge on any atom is -0.355 e. The highest BCUT2D eigenvalue weighted by atomic mass is 35.5. The van der Waals surface area contributed by atoms with Crippen LogP contribution in [0.4, 0.5) is 10.1 Å². The molecule has 0 saturated heterocycles. The number of rotatable bonds is 22. The van der Waals surface area contributed by atoms with Crippen molar-refractivity contribution in [3.63, 3.8) is 0 Å². The fraction of sp³-hybridized carbons (Fsp3) is 0.333. The molecule has 0 saturated carbocycles. The lowest BCUT2D eigenvalue weighted by Gasteiger charge is -2.15. The zero-order valence-electron chi connectivity index (χ0n) is 62.6. The average Bonchev–Trinajstić information content (AvgIpc) is 1.59. The summed E-state index contributed by atoms with van der Waals surface area (Å²) < 4.78 is 54.3. The molecular formula is C87H103Cl2FN8O10S. The van der Waals surface area contributed by atoms with Crippen LogP contribution >= 0.6 is 23.2 Å². The highest BCUT2D eigenvalue weighted by Gasteiger charge is 2.30. The number of nitrogens with one attached hydrogen (secondary N) is 1. The van der Waals surface area contributed by atoms with Crippen molar-refractivity contribution in [2.75, 3.05) is 79.3 Å². The molecule has 0 unspecified atom stereocenters. The fourth-order valence-corrected chi connectivity index (χ4v) is 14.5. The molecular weight excluding hydrogens is 1440 g/mol. The van der Waals surface area contributed by atoms with Gasteiger partial charge in [0.2, 0.25) is 0 Å². The van der Waals surface area contributed by atoms with Gasteiger partial charge in [-0.3, -0.25) is 42.8 Å². The quantitative estimate of drug-likeness (QED) is 0.0189. The van der Waals surface area contributed by atoms with Crippen LogP contribution < -0.4 is 0 Å². The largest absolute Gasteiger partial charge is 0.394 e. The predicted molar refractivity (Wildman–Crippen MR) is 450 cm³/mol. The van der Waals surface area contributed by atoms with E-state index in [1.165, 1.54) is 95.1 Å². The van der Waals surface area contributed by atoms with Gasteiger partial charge in [0.1, 0.15) is 0 Å². The van der Waals surface area contributed by atoms with Crippen LogP contribution in [0.5, 0.6) is 0 Å². The molecule has 109 heavy (non-hydrogen) atoms. The third kappa shape index (κ3) is 21.5. The Bertz CT molecular complexity index is 5140. The van der Waals surface area contributed by atoms with Gasteiger partial charge in [0.05, 0.1) is 13.4 Å². The highest BCUT2D eigenvalue weighted by Crippen LogP contribution is 2.42. The number of alkyl halides is 3. The summed E-state index contributed by atoms with van der Waals surface area (Å²) in [5.74, 6) is 1.19. The second kappa shape index (κ2) is 41.4. The maximum atomic E-state index is 12.4. The zero-order valence-corrected chi connectivity index (χ0v) is 63.9. The Morgan fingerprint density at radius 2 is 0.826 bits per heavy atom. The molecule has 4 heterocycles. The van der Waals surface area contributed by atoms with Crippen LogP contribution in [-0.4, -0.2) is 158 Å². The second-order valence-electron chi connectivity index (χ2n) is 26.5. The summed E-state index contributed by atoms with van der Waals surface area (Å²) in [7, 11) is 0.796. The number of Topliss-reactive ketones (excluding diaryl/α,β-unsaturated/α-hetero) is 4. The molecule has 4 aromatic heterocycles. The van der Waals surface area contributed by atoms with Crippen LogP contribution in [0.25, 0.3) is 87.2 Å². The van der Waals surface area contributed by atoms with Gasteiger partial charge in [-0.15, -0.1) is 23.2 Å². The molecule has 0 fully saturated rings. The number of non-ortho nitro benzene ring substituents is 1. The topological polar surface area (TPSA) is 226 Å². The Hall–Kier alpha value is -9.48. The van der Waals surface area contributed by atoms with Gasteiger partial charge in [-0.2, -0.15) is 8.42 Å². The van der Waals surface area contributed by atoms with Crippen LogP contribution in [0.1, 0.15) is 134 Å². The van der Waals surface area contributed by atoms with Gasteiger partial charge in [0.15, 0.2) is 23.1 Å². The molecule has 0 amide bonds. The van der Waals surface area contributed by atoms with Crippen LogP contribution in [0, 0.1) is 10.1 Å². The number of H-pyrrole nitrogens is 1. The van der Waals surface area contributed by atoms with Crippen molar-refractivity contribution in [1.82, 2.24) is 33.4 Å². The van der Waals surface area contributed by atoms with Crippen molar-refractivity contribution in [2.24, 2.45) is 0 Å². The summed E-state index contributed by atoms with van der Waals surface area (Å²) in [6.07, 6.45) is 6.77. The number of aromatic nitrogens is 4. The molecule has 0 bridgehead atoms. The number of nitro benzene ring substituents is 1. The summed E-state index contributed by atoms with van der Waals surface area (Å²) >= 11 is 11.5. The average molecular weight is 1540 g/mol. The lowest BCUT2D eigenvalue weighted by Crippen LogP contribution is -2.20. The number of nitro groups is 1. The van der Waals surface area contributed by atoms with Crippen molar-refractivity contribution >= 4 is 150 Å². The van der Waals surface area contributed by atoms with Crippen LogP contribution in [0.2, 0.25) is 0 Å². The van der Waals surface area contributed by atoms with Crippen molar-refractivity contribution in [2.45, 2.75) is 113 Å². The molecule has 0 aliphatic heterocycles. The van der Waals surface area contributed by atoms with E-state index < -0.39 is 22.5 Å². The molecule has 9 aromatic carbocycles. The number of carbonyl (C=O) groups excluding carboxylic acids is 4. The Balaban J connectivity index is 0.000000194. The van der Waals surface area contributed by atoms with Gasteiger partial charge >= 0.3 is 10.4 Å². The number of aryl methyl sites for hydroxylation is 5. The monoisotopic (exact) mass is 1540 g/mol. The van der Waals surface area contributed by atoms with Crippen LogP contribution in [0.15, 0.2) is 188 Å². The van der Waals surface area contributed by atoms with E-state index in [0.29, 0.717) is 48.6 Å². The molecule has 0 spiro atoms. The lowest BCUT2D eigenvalue weighted by molar-refractivity contribution is -0.384. The molecule has 0 atom stereocenters. The third-order valence-corrected chi connectivity index (χ3v) is 20.2. The van der Waals surface area contributed by atoms with E-state index in [2.05, 4.69) is 184 Å². The van der Waals surface area contributed by atoms with E-state index >= 15 is 0 Å². The number of benzene rings is 9. The summed E-state index contributed by atoms with van der Waals surface area (Å²) in [5, 5.41) is 19.8. The van der Waals surface area contributed by atoms with E-state index in [1.807, 2.05) is 48.5 Å². The first kappa shape index (κ1) is 85.1. The SMILES string of the molecule is C.C.CCN(C)CCCn1c2ccc(C(=O)CCCl)cc2c2cc(C(=O)CCCl)ccc21.CCN(C)CCCn1c2ccc3c(c2c2c4c(ccc21)C(=O)CC4)CCC3=O.CCN(C)CCCn1c2ccccc2c2ccccc21.O=S(=O)(O)O.O=[N+]([O-])c1ccccc1.[2H]CF.c1ccc2c(c1)[nH]c1ccccc12. The van der Waals surface area contributed by atoms with Gasteiger partial charge in [-0.25, -0.2) is 0 Å². The van der Waals surface area contributed by atoms with E-state index in [1.54, 1.807) is 18.2 Å². The number of hydrogen-bond acceptors (Lipinski definition) is 11. The number of nitrogens with zero attached hydrogens (tertiary/aromatic N) is 7. The molecule has 0 radical (unpaired) electrons. The number of ketones is 4. The van der Waals surface area contributed by atoms with Crippen molar-refractivity contribution < 1.29 is 47.4 Å². The third-order valence-electron chi connectivity index (χ3n) is 19.8. The number of para-hydroxylation sites is 5. The summed E-state index contributed by atoms with van der Waals surface area (Å²) in [6.45, 7) is 15.9. The van der Waals surface area contributed by atoms with Crippen molar-refractivity contribution in [3.05, 3.63) is 232 Å². The molecule has 2 aliphatic rings. The van der Waals surface area contributed by atoms with Crippen LogP contribution in [-0.2, 0) is 42.9 Å². The van der Waals surface area contributed by atoms with Gasteiger partial charge in [0.25, 0.3) is 5.69 Å². The molecule has 15 rings (SSSR count). The normalized spacial score (nSPS) is 12.2.